The van der Waals surface area contributed by atoms with Crippen molar-refractivity contribution < 1.29 is 0 Å². The van der Waals surface area contributed by atoms with Crippen molar-refractivity contribution in [2.45, 2.75) is 0 Å². The molecule has 2 nitrogen and oxygen atoms in total. The standard InChI is InChI=1S/C14H11BrN2/c15-10-6-7-12-11(8-10)13(14(16)17-12)9-4-2-1-3-5-9/h1-8,17H,16H2. The molecule has 0 aliphatic heterocycles. The fraction of sp³-hybridized carbons (Fsp3) is 0. The van der Waals surface area contributed by atoms with Gasteiger partial charge < -0.3 is 10.7 Å². The van der Waals surface area contributed by atoms with Crippen LogP contribution in [0.4, 0.5) is 5.82 Å². The van der Waals surface area contributed by atoms with E-state index in [1.807, 2.05) is 30.3 Å². The Bertz CT molecular complexity index is 671. The maximum absolute atomic E-state index is 6.06. The van der Waals surface area contributed by atoms with Crippen LogP contribution in [0.15, 0.2) is 53.0 Å². The largest absolute Gasteiger partial charge is 0.385 e. The number of nitrogens with two attached hydrogens (primary N) is 1. The van der Waals surface area contributed by atoms with E-state index >= 15 is 0 Å². The molecule has 0 unspecified atom stereocenters. The molecule has 17 heavy (non-hydrogen) atoms. The summed E-state index contributed by atoms with van der Waals surface area (Å²) in [6.45, 7) is 0. The maximum atomic E-state index is 6.06. The molecule has 0 saturated carbocycles. The van der Waals surface area contributed by atoms with Gasteiger partial charge >= 0.3 is 0 Å². The molecular weight excluding hydrogens is 276 g/mol. The van der Waals surface area contributed by atoms with Gasteiger partial charge in [-0.15, -0.1) is 0 Å². The first-order valence-electron chi connectivity index (χ1n) is 5.38. The Kier molecular flexibility index (Phi) is 2.41. The van der Waals surface area contributed by atoms with Crippen LogP contribution in [-0.2, 0) is 0 Å². The number of aromatic amines is 1. The molecule has 84 valence electrons. The SMILES string of the molecule is Nc1[nH]c2ccc(Br)cc2c1-c1ccccc1. The zero-order valence-corrected chi connectivity index (χ0v) is 10.7. The van der Waals surface area contributed by atoms with E-state index in [0.717, 1.165) is 26.5 Å². The first-order valence-corrected chi connectivity index (χ1v) is 6.17. The summed E-state index contributed by atoms with van der Waals surface area (Å²) in [5.74, 6) is 0.712. The summed E-state index contributed by atoms with van der Waals surface area (Å²) in [5, 5.41) is 1.14. The van der Waals surface area contributed by atoms with E-state index in [0.29, 0.717) is 5.82 Å². The van der Waals surface area contributed by atoms with Gasteiger partial charge in [-0.2, -0.15) is 0 Å². The van der Waals surface area contributed by atoms with Crippen LogP contribution in [0, 0.1) is 0 Å². The average Bonchev–Trinajstić information content (AvgIpc) is 2.65. The highest BCUT2D eigenvalue weighted by molar-refractivity contribution is 9.10. The molecule has 0 bridgehead atoms. The van der Waals surface area contributed by atoms with Crippen LogP contribution in [0.5, 0.6) is 0 Å². The average molecular weight is 287 g/mol. The molecule has 0 fully saturated rings. The lowest BCUT2D eigenvalue weighted by atomic mass is 10.0. The highest BCUT2D eigenvalue weighted by Gasteiger charge is 2.10. The quantitative estimate of drug-likeness (QED) is 0.692. The summed E-state index contributed by atoms with van der Waals surface area (Å²) >= 11 is 3.49. The molecule has 0 saturated heterocycles. The van der Waals surface area contributed by atoms with Gasteiger partial charge in [-0.1, -0.05) is 46.3 Å². The van der Waals surface area contributed by atoms with Gasteiger partial charge in [0.1, 0.15) is 5.82 Å². The van der Waals surface area contributed by atoms with Crippen molar-refractivity contribution in [3.63, 3.8) is 0 Å². The number of hydrogen-bond donors (Lipinski definition) is 2. The van der Waals surface area contributed by atoms with Crippen molar-refractivity contribution in [1.82, 2.24) is 4.98 Å². The smallest absolute Gasteiger partial charge is 0.109 e. The van der Waals surface area contributed by atoms with Gasteiger partial charge in [0.05, 0.1) is 0 Å². The Labute approximate surface area is 108 Å². The van der Waals surface area contributed by atoms with E-state index in [1.54, 1.807) is 0 Å². The topological polar surface area (TPSA) is 41.8 Å². The number of aromatic nitrogens is 1. The van der Waals surface area contributed by atoms with Gasteiger partial charge in [-0.3, -0.25) is 0 Å². The molecule has 0 spiro atoms. The van der Waals surface area contributed by atoms with Crippen molar-refractivity contribution >= 4 is 32.7 Å². The predicted octanol–water partition coefficient (Wildman–Crippen LogP) is 4.18. The van der Waals surface area contributed by atoms with Gasteiger partial charge in [-0.25, -0.2) is 0 Å². The monoisotopic (exact) mass is 286 g/mol. The van der Waals surface area contributed by atoms with Crippen LogP contribution in [-0.4, -0.2) is 4.98 Å². The number of anilines is 1. The summed E-state index contributed by atoms with van der Waals surface area (Å²) in [7, 11) is 0. The molecule has 0 atom stereocenters. The molecule has 3 aromatic rings. The Hall–Kier alpha value is -1.74. The van der Waals surface area contributed by atoms with Gasteiger partial charge in [0.15, 0.2) is 0 Å². The zero-order valence-electron chi connectivity index (χ0n) is 9.07. The van der Waals surface area contributed by atoms with E-state index in [-0.39, 0.29) is 0 Å². The number of nitrogen functional groups attached to an aromatic ring is 1. The predicted molar refractivity (Wildman–Crippen MR) is 75.8 cm³/mol. The minimum atomic E-state index is 0.712. The van der Waals surface area contributed by atoms with E-state index in [2.05, 4.69) is 39.1 Å². The minimum absolute atomic E-state index is 0.712. The molecule has 0 radical (unpaired) electrons. The summed E-state index contributed by atoms with van der Waals surface area (Å²) in [6.07, 6.45) is 0. The molecular formula is C14H11BrN2. The first kappa shape index (κ1) is 10.4. The van der Waals surface area contributed by atoms with Crippen LogP contribution in [0.2, 0.25) is 0 Å². The van der Waals surface area contributed by atoms with Gasteiger partial charge in [0.2, 0.25) is 0 Å². The van der Waals surface area contributed by atoms with Crippen LogP contribution >= 0.6 is 15.9 Å². The van der Waals surface area contributed by atoms with E-state index in [1.165, 1.54) is 0 Å². The number of rotatable bonds is 1. The van der Waals surface area contributed by atoms with Gasteiger partial charge in [-0.05, 0) is 23.8 Å². The Balaban J connectivity index is 2.35. The third-order valence-electron chi connectivity index (χ3n) is 2.85. The number of fused-ring (bicyclic) bond motifs is 1. The number of nitrogens with one attached hydrogen (secondary N) is 1. The summed E-state index contributed by atoms with van der Waals surface area (Å²) < 4.78 is 1.06. The molecule has 3 N–H and O–H groups in total. The van der Waals surface area contributed by atoms with Crippen molar-refractivity contribution in [3.05, 3.63) is 53.0 Å². The van der Waals surface area contributed by atoms with E-state index in [4.69, 9.17) is 5.73 Å². The number of hydrogen-bond acceptors (Lipinski definition) is 1. The second kappa shape index (κ2) is 3.93. The third-order valence-corrected chi connectivity index (χ3v) is 3.35. The van der Waals surface area contributed by atoms with Crippen LogP contribution < -0.4 is 5.73 Å². The van der Waals surface area contributed by atoms with E-state index < -0.39 is 0 Å². The normalized spacial score (nSPS) is 10.9. The van der Waals surface area contributed by atoms with Crippen LogP contribution in [0.1, 0.15) is 0 Å². The molecule has 2 aromatic carbocycles. The lowest BCUT2D eigenvalue weighted by Gasteiger charge is -2.01. The van der Waals surface area contributed by atoms with Crippen molar-refractivity contribution in [2.24, 2.45) is 0 Å². The highest BCUT2D eigenvalue weighted by atomic mass is 79.9. The molecule has 0 amide bonds. The highest BCUT2D eigenvalue weighted by Crippen LogP contribution is 2.35. The van der Waals surface area contributed by atoms with Gasteiger partial charge in [0.25, 0.3) is 0 Å². The molecule has 1 heterocycles. The van der Waals surface area contributed by atoms with Crippen LogP contribution in [0.3, 0.4) is 0 Å². The lowest BCUT2D eigenvalue weighted by Crippen LogP contribution is -1.86. The van der Waals surface area contributed by atoms with E-state index in [9.17, 15) is 0 Å². The molecule has 1 aromatic heterocycles. The Morgan fingerprint density at radius 3 is 2.53 bits per heavy atom. The summed E-state index contributed by atoms with van der Waals surface area (Å²) in [4.78, 5) is 3.21. The fourth-order valence-corrected chi connectivity index (χ4v) is 2.46. The maximum Gasteiger partial charge on any atom is 0.109 e. The second-order valence-electron chi connectivity index (χ2n) is 3.97. The lowest BCUT2D eigenvalue weighted by molar-refractivity contribution is 1.47. The Morgan fingerprint density at radius 1 is 1.00 bits per heavy atom. The first-order chi connectivity index (χ1) is 8.25. The zero-order chi connectivity index (χ0) is 11.8. The number of benzene rings is 2. The van der Waals surface area contributed by atoms with Crippen molar-refractivity contribution in [3.8, 4) is 11.1 Å². The van der Waals surface area contributed by atoms with Crippen molar-refractivity contribution in [1.29, 1.82) is 0 Å². The molecule has 3 heteroatoms. The molecule has 3 rings (SSSR count). The summed E-state index contributed by atoms with van der Waals surface area (Å²) in [6, 6.07) is 16.3. The number of H-pyrrole nitrogens is 1. The van der Waals surface area contributed by atoms with Crippen molar-refractivity contribution in [2.75, 3.05) is 5.73 Å². The number of halogens is 1. The fourth-order valence-electron chi connectivity index (χ4n) is 2.10. The molecule has 0 aliphatic carbocycles. The minimum Gasteiger partial charge on any atom is -0.385 e. The van der Waals surface area contributed by atoms with Gasteiger partial charge in [0, 0.05) is 20.9 Å². The third kappa shape index (κ3) is 1.72. The van der Waals surface area contributed by atoms with Crippen LogP contribution in [0.25, 0.3) is 22.0 Å². The summed E-state index contributed by atoms with van der Waals surface area (Å²) in [5.41, 5.74) is 9.33. The Morgan fingerprint density at radius 2 is 1.76 bits per heavy atom. The second-order valence-corrected chi connectivity index (χ2v) is 4.89. The molecule has 0 aliphatic rings.